The van der Waals surface area contributed by atoms with Crippen molar-refractivity contribution < 1.29 is 0 Å². The van der Waals surface area contributed by atoms with Crippen molar-refractivity contribution in [3.8, 4) is 56.5 Å². The van der Waals surface area contributed by atoms with Crippen LogP contribution in [0.1, 0.15) is 66.8 Å². The summed E-state index contributed by atoms with van der Waals surface area (Å²) in [5, 5.41) is 0. The summed E-state index contributed by atoms with van der Waals surface area (Å²) in [4.78, 5) is 20.3. The molecule has 0 saturated carbocycles. The van der Waals surface area contributed by atoms with Gasteiger partial charge in [-0.25, -0.2) is 15.0 Å². The molecule has 0 radical (unpaired) electrons. The Morgan fingerprint density at radius 3 is 1.33 bits per heavy atom. The van der Waals surface area contributed by atoms with E-state index in [1.54, 1.807) is 0 Å². The van der Waals surface area contributed by atoms with Crippen LogP contribution in [0.15, 0.2) is 134 Å². The fourth-order valence-corrected chi connectivity index (χ4v) is 8.62. The minimum Gasteiger partial charge on any atom is -0.255 e. The Kier molecular flexibility index (Phi) is 8.81. The lowest BCUT2D eigenvalue weighted by molar-refractivity contribution is 0.768. The normalized spacial score (nSPS) is 12.7. The predicted molar refractivity (Wildman–Crippen MR) is 235 cm³/mol. The SMILES string of the molecule is Cc1ccc(C2(c3ccc(C)cc3)c3ccccc3-c3ccc(-c4ccc(-c5nc(-c6cc(C)c(C)c(C)c6)nc(-c6cc(C)c(C)c(C)c6)n5)cn4)cc32)cc1. The predicted octanol–water partition coefficient (Wildman–Crippen LogP) is 12.8. The molecule has 0 saturated heterocycles. The molecule has 1 aliphatic rings. The fraction of sp³-hybridized carbons (Fsp3) is 0.170. The summed E-state index contributed by atoms with van der Waals surface area (Å²) in [6.45, 7) is 17.2. The van der Waals surface area contributed by atoms with Crippen LogP contribution in [0.3, 0.4) is 0 Å². The number of hydrogen-bond acceptors (Lipinski definition) is 4. The zero-order valence-electron chi connectivity index (χ0n) is 34.0. The number of benzene rings is 6. The smallest absolute Gasteiger partial charge is 0.165 e. The Balaban J connectivity index is 1.18. The quantitative estimate of drug-likeness (QED) is 0.170. The lowest BCUT2D eigenvalue weighted by atomic mass is 9.67. The maximum atomic E-state index is 5.10. The maximum absolute atomic E-state index is 5.10. The molecule has 0 bridgehead atoms. The lowest BCUT2D eigenvalue weighted by Crippen LogP contribution is -2.28. The molecular weight excluding hydrogens is 693 g/mol. The second-order valence-electron chi connectivity index (χ2n) is 16.0. The molecule has 0 atom stereocenters. The molecule has 0 spiro atoms. The van der Waals surface area contributed by atoms with E-state index in [0.717, 1.165) is 27.9 Å². The number of pyridine rings is 1. The minimum atomic E-state index is -0.486. The van der Waals surface area contributed by atoms with Gasteiger partial charge in [-0.2, -0.15) is 0 Å². The van der Waals surface area contributed by atoms with Crippen molar-refractivity contribution in [3.63, 3.8) is 0 Å². The van der Waals surface area contributed by atoms with Gasteiger partial charge in [0.05, 0.1) is 11.1 Å². The highest BCUT2D eigenvalue weighted by molar-refractivity contribution is 5.88. The van der Waals surface area contributed by atoms with Gasteiger partial charge in [0, 0.05) is 28.5 Å². The number of aromatic nitrogens is 4. The molecule has 9 rings (SSSR count). The molecule has 6 aromatic carbocycles. The summed E-state index contributed by atoms with van der Waals surface area (Å²) in [6, 6.07) is 46.8. The van der Waals surface area contributed by atoms with Gasteiger partial charge < -0.3 is 0 Å². The fourth-order valence-electron chi connectivity index (χ4n) is 8.62. The van der Waals surface area contributed by atoms with Gasteiger partial charge in [0.1, 0.15) is 0 Å². The van der Waals surface area contributed by atoms with Gasteiger partial charge in [0.2, 0.25) is 0 Å². The standard InChI is InChI=1S/C53H46N4/c1-31-13-19-43(20-14-31)53(44-21-15-32(2)16-22-44)47-12-10-9-11-45(47)46-23-17-39(29-48(46)53)49-24-18-40(30-54-49)50-55-51(41-25-33(3)37(7)34(4)26-41)57-52(56-50)42-27-35(5)38(8)36(6)28-42/h9-30H,1-8H3. The maximum Gasteiger partial charge on any atom is 0.165 e. The Morgan fingerprint density at radius 2 is 0.842 bits per heavy atom. The zero-order valence-corrected chi connectivity index (χ0v) is 34.0. The Labute approximate surface area is 336 Å². The number of rotatable bonds is 6. The molecule has 4 heteroatoms. The van der Waals surface area contributed by atoms with Gasteiger partial charge in [-0.05, 0) is 165 Å². The highest BCUT2D eigenvalue weighted by Crippen LogP contribution is 2.56. The average molecular weight is 739 g/mol. The Bertz CT molecular complexity index is 2680. The molecular formula is C53H46N4. The van der Waals surface area contributed by atoms with E-state index in [-0.39, 0.29) is 0 Å². The van der Waals surface area contributed by atoms with E-state index in [9.17, 15) is 0 Å². The molecule has 2 aromatic heterocycles. The molecule has 1 aliphatic carbocycles. The van der Waals surface area contributed by atoms with Gasteiger partial charge >= 0.3 is 0 Å². The van der Waals surface area contributed by atoms with Crippen LogP contribution in [0.5, 0.6) is 0 Å². The summed E-state index contributed by atoms with van der Waals surface area (Å²) in [5.41, 5.74) is 21.8. The van der Waals surface area contributed by atoms with Crippen molar-refractivity contribution in [1.29, 1.82) is 0 Å². The summed E-state index contributed by atoms with van der Waals surface area (Å²) in [5.74, 6) is 1.91. The zero-order chi connectivity index (χ0) is 39.6. The molecule has 57 heavy (non-hydrogen) atoms. The summed E-state index contributed by atoms with van der Waals surface area (Å²) in [7, 11) is 0. The molecule has 278 valence electrons. The Hall–Kier alpha value is -6.52. The first-order chi connectivity index (χ1) is 27.5. The second kappa shape index (κ2) is 13.9. The first-order valence-electron chi connectivity index (χ1n) is 19.8. The van der Waals surface area contributed by atoms with Crippen LogP contribution in [0.4, 0.5) is 0 Å². The third-order valence-corrected chi connectivity index (χ3v) is 12.3. The van der Waals surface area contributed by atoms with E-state index < -0.39 is 5.41 Å². The van der Waals surface area contributed by atoms with Crippen LogP contribution >= 0.6 is 0 Å². The van der Waals surface area contributed by atoms with Crippen molar-refractivity contribution in [2.24, 2.45) is 0 Å². The number of aryl methyl sites for hydroxylation is 6. The van der Waals surface area contributed by atoms with Gasteiger partial charge in [0.15, 0.2) is 17.5 Å². The molecule has 0 fully saturated rings. The highest BCUT2D eigenvalue weighted by atomic mass is 15.0. The molecule has 0 amide bonds. The van der Waals surface area contributed by atoms with E-state index >= 15 is 0 Å². The van der Waals surface area contributed by atoms with Gasteiger partial charge in [-0.3, -0.25) is 4.98 Å². The molecule has 0 unspecified atom stereocenters. The third-order valence-electron chi connectivity index (χ3n) is 12.3. The molecule has 2 heterocycles. The van der Waals surface area contributed by atoms with Crippen LogP contribution in [0.2, 0.25) is 0 Å². The van der Waals surface area contributed by atoms with Gasteiger partial charge in [0.25, 0.3) is 0 Å². The molecule has 4 nitrogen and oxygen atoms in total. The van der Waals surface area contributed by atoms with E-state index in [2.05, 4.69) is 183 Å². The lowest BCUT2D eigenvalue weighted by Gasteiger charge is -2.34. The van der Waals surface area contributed by atoms with Crippen molar-refractivity contribution in [2.45, 2.75) is 60.8 Å². The van der Waals surface area contributed by atoms with Crippen molar-refractivity contribution in [1.82, 2.24) is 19.9 Å². The van der Waals surface area contributed by atoms with Crippen molar-refractivity contribution >= 4 is 0 Å². The van der Waals surface area contributed by atoms with Crippen LogP contribution in [-0.2, 0) is 5.41 Å². The molecule has 0 N–H and O–H groups in total. The molecule has 0 aliphatic heterocycles. The number of nitrogens with zero attached hydrogens (tertiary/aromatic N) is 4. The van der Waals surface area contributed by atoms with Crippen molar-refractivity contribution in [2.75, 3.05) is 0 Å². The summed E-state index contributed by atoms with van der Waals surface area (Å²) >= 11 is 0. The van der Waals surface area contributed by atoms with Crippen LogP contribution in [-0.4, -0.2) is 19.9 Å². The van der Waals surface area contributed by atoms with Crippen LogP contribution in [0.25, 0.3) is 56.5 Å². The first-order valence-corrected chi connectivity index (χ1v) is 19.8. The minimum absolute atomic E-state index is 0.486. The first kappa shape index (κ1) is 36.1. The summed E-state index contributed by atoms with van der Waals surface area (Å²) < 4.78 is 0. The number of hydrogen-bond donors (Lipinski definition) is 0. The van der Waals surface area contributed by atoms with Crippen LogP contribution < -0.4 is 0 Å². The van der Waals surface area contributed by atoms with Crippen molar-refractivity contribution in [3.05, 3.63) is 200 Å². The van der Waals surface area contributed by atoms with E-state index in [0.29, 0.717) is 17.5 Å². The Morgan fingerprint density at radius 1 is 0.386 bits per heavy atom. The molecule has 8 aromatic rings. The van der Waals surface area contributed by atoms with Crippen LogP contribution in [0, 0.1) is 55.4 Å². The number of fused-ring (bicyclic) bond motifs is 3. The monoisotopic (exact) mass is 738 g/mol. The van der Waals surface area contributed by atoms with E-state index in [1.165, 1.54) is 77.9 Å². The summed E-state index contributed by atoms with van der Waals surface area (Å²) in [6.07, 6.45) is 1.91. The highest BCUT2D eigenvalue weighted by Gasteiger charge is 2.46. The van der Waals surface area contributed by atoms with Gasteiger partial charge in [-0.1, -0.05) is 96.1 Å². The topological polar surface area (TPSA) is 51.6 Å². The third kappa shape index (κ3) is 6.08. The second-order valence-corrected chi connectivity index (χ2v) is 16.0. The van der Waals surface area contributed by atoms with E-state index in [4.69, 9.17) is 19.9 Å². The largest absolute Gasteiger partial charge is 0.255 e. The average Bonchev–Trinajstić information content (AvgIpc) is 3.52. The van der Waals surface area contributed by atoms with Gasteiger partial charge in [-0.15, -0.1) is 0 Å². The van der Waals surface area contributed by atoms with E-state index in [1.807, 2.05) is 6.20 Å².